The molecule has 10 nitrogen and oxygen atoms in total. The number of halogens is 1. The van der Waals surface area contributed by atoms with Gasteiger partial charge in [0.2, 0.25) is 11.8 Å². The molecule has 0 radical (unpaired) electrons. The normalized spacial score (nSPS) is 21.0. The molecule has 1 aromatic carbocycles. The van der Waals surface area contributed by atoms with Gasteiger partial charge in [-0.3, -0.25) is 24.0 Å². The van der Waals surface area contributed by atoms with E-state index in [1.807, 2.05) is 50.2 Å². The van der Waals surface area contributed by atoms with Gasteiger partial charge < -0.3 is 15.5 Å². The lowest BCUT2D eigenvalue weighted by Gasteiger charge is -2.27. The molecule has 3 aromatic heterocycles. The number of benzene rings is 1. The summed E-state index contributed by atoms with van der Waals surface area (Å²) in [5.41, 5.74) is 4.34. The van der Waals surface area contributed by atoms with E-state index >= 15 is 0 Å². The number of hydrogen-bond donors (Lipinski definition) is 2. The van der Waals surface area contributed by atoms with Crippen LogP contribution in [-0.2, 0) is 16.1 Å². The van der Waals surface area contributed by atoms with Crippen molar-refractivity contribution in [1.82, 2.24) is 24.6 Å². The first kappa shape index (κ1) is 27.1. The predicted molar refractivity (Wildman–Crippen MR) is 159 cm³/mol. The molecule has 1 aliphatic heterocycles. The highest BCUT2D eigenvalue weighted by Crippen LogP contribution is 2.59. The van der Waals surface area contributed by atoms with Crippen molar-refractivity contribution in [2.45, 2.75) is 59.2 Å². The number of Topliss-reactive ketones (excluding diaryl/α,β-unsaturated/α-hetero) is 1. The van der Waals surface area contributed by atoms with E-state index in [1.54, 1.807) is 22.0 Å². The number of piperidine rings is 1. The monoisotopic (exact) mass is 615 g/mol. The van der Waals surface area contributed by atoms with Crippen molar-refractivity contribution in [3.05, 3.63) is 70.2 Å². The number of aryl methyl sites for hydroxylation is 2. The number of carbonyl (C=O) groups excluding carboxylic acids is 3. The smallest absolute Gasteiger partial charge is 0.248 e. The largest absolute Gasteiger partial charge is 0.354 e. The molecule has 2 N–H and O–H groups in total. The topological polar surface area (TPSA) is 122 Å². The van der Waals surface area contributed by atoms with Crippen LogP contribution in [-0.4, -0.2) is 54.3 Å². The third kappa shape index (κ3) is 5.10. The highest BCUT2D eigenvalue weighted by molar-refractivity contribution is 9.10. The molecule has 11 heteroatoms. The van der Waals surface area contributed by atoms with E-state index in [0.717, 1.165) is 28.9 Å². The zero-order valence-corrected chi connectivity index (χ0v) is 24.8. The Morgan fingerprint density at radius 1 is 1.07 bits per heavy atom. The first-order chi connectivity index (χ1) is 19.5. The Hall–Kier alpha value is -4.12. The minimum Gasteiger partial charge on any atom is -0.354 e. The van der Waals surface area contributed by atoms with Crippen molar-refractivity contribution in [2.75, 3.05) is 10.6 Å². The minimum atomic E-state index is -0.612. The molecule has 210 valence electrons. The van der Waals surface area contributed by atoms with Gasteiger partial charge in [-0.1, -0.05) is 13.0 Å². The van der Waals surface area contributed by atoms with Gasteiger partial charge in [-0.2, -0.15) is 5.10 Å². The van der Waals surface area contributed by atoms with E-state index in [1.165, 1.54) is 6.92 Å². The maximum atomic E-state index is 13.8. The summed E-state index contributed by atoms with van der Waals surface area (Å²) < 4.78 is 2.19. The molecule has 3 atom stereocenters. The van der Waals surface area contributed by atoms with Crippen molar-refractivity contribution >= 4 is 61.6 Å². The van der Waals surface area contributed by atoms with Gasteiger partial charge in [0.1, 0.15) is 28.7 Å². The molecule has 4 aromatic rings. The Bertz CT molecular complexity index is 1730. The zero-order valence-electron chi connectivity index (χ0n) is 23.2. The van der Waals surface area contributed by atoms with E-state index in [2.05, 4.69) is 48.6 Å². The number of likely N-dealkylation sites (tertiary alicyclic amines) is 1. The second-order valence-electron chi connectivity index (χ2n) is 11.4. The van der Waals surface area contributed by atoms with Crippen molar-refractivity contribution in [1.29, 1.82) is 0 Å². The van der Waals surface area contributed by atoms with Crippen molar-refractivity contribution in [3.8, 4) is 0 Å². The Labute approximate surface area is 245 Å². The summed E-state index contributed by atoms with van der Waals surface area (Å²) in [5.74, 6) is -0.183. The highest BCUT2D eigenvalue weighted by atomic mass is 79.9. The molecule has 2 aliphatic rings. The fraction of sp³-hybridized carbons (Fsp3) is 0.333. The van der Waals surface area contributed by atoms with Crippen molar-refractivity contribution in [2.24, 2.45) is 5.41 Å². The molecule has 0 bridgehead atoms. The van der Waals surface area contributed by atoms with Crippen LogP contribution in [0.4, 0.5) is 17.2 Å². The molecule has 0 unspecified atom stereocenters. The summed E-state index contributed by atoms with van der Waals surface area (Å²) >= 11 is 3.36. The van der Waals surface area contributed by atoms with Gasteiger partial charge in [0.15, 0.2) is 5.78 Å². The first-order valence-electron chi connectivity index (χ1n) is 13.5. The van der Waals surface area contributed by atoms with Crippen LogP contribution in [0.3, 0.4) is 0 Å². The van der Waals surface area contributed by atoms with Gasteiger partial charge in [-0.25, -0.2) is 4.98 Å². The SMILES string of the molecule is CC(=O)c1nn(CC(=O)N2[C@H](C(=O)Nc3nc(Br)ccc3C)C[C@@]3(C)C[C@@H]23)c2ccc(Nc3cncc(C)c3)cc12. The van der Waals surface area contributed by atoms with Gasteiger partial charge in [0.25, 0.3) is 0 Å². The Kier molecular flexibility index (Phi) is 6.64. The molecule has 2 amide bonds. The Balaban J connectivity index is 1.26. The number of aromatic nitrogens is 4. The van der Waals surface area contributed by atoms with Crippen LogP contribution in [0.2, 0.25) is 0 Å². The van der Waals surface area contributed by atoms with Crippen LogP contribution in [0.1, 0.15) is 48.3 Å². The molecule has 1 aliphatic carbocycles. The van der Waals surface area contributed by atoms with Crippen molar-refractivity contribution in [3.63, 3.8) is 0 Å². The van der Waals surface area contributed by atoms with E-state index in [0.29, 0.717) is 33.4 Å². The molecule has 2 fully saturated rings. The fourth-order valence-electron chi connectivity index (χ4n) is 5.83. The van der Waals surface area contributed by atoms with Gasteiger partial charge in [0, 0.05) is 30.2 Å². The number of fused-ring (bicyclic) bond motifs is 2. The lowest BCUT2D eigenvalue weighted by molar-refractivity contribution is -0.138. The van der Waals surface area contributed by atoms with Gasteiger partial charge in [-0.15, -0.1) is 0 Å². The van der Waals surface area contributed by atoms with Crippen LogP contribution in [0.5, 0.6) is 0 Å². The molecule has 41 heavy (non-hydrogen) atoms. The number of nitrogens with one attached hydrogen (secondary N) is 2. The lowest BCUT2D eigenvalue weighted by atomic mass is 10.0. The number of pyridine rings is 2. The summed E-state index contributed by atoms with van der Waals surface area (Å²) in [7, 11) is 0. The molecule has 1 saturated heterocycles. The predicted octanol–water partition coefficient (Wildman–Crippen LogP) is 5.17. The number of rotatable bonds is 7. The fourth-order valence-corrected chi connectivity index (χ4v) is 6.14. The summed E-state index contributed by atoms with van der Waals surface area (Å²) in [4.78, 5) is 50.1. The second kappa shape index (κ2) is 10.1. The van der Waals surface area contributed by atoms with Gasteiger partial charge in [-0.05, 0) is 89.5 Å². The number of amides is 2. The van der Waals surface area contributed by atoms with Gasteiger partial charge >= 0.3 is 0 Å². The number of anilines is 3. The van der Waals surface area contributed by atoms with Crippen LogP contribution in [0.15, 0.2) is 53.4 Å². The summed E-state index contributed by atoms with van der Waals surface area (Å²) in [6.07, 6.45) is 4.95. The third-order valence-corrected chi connectivity index (χ3v) is 8.50. The Morgan fingerprint density at radius 2 is 1.88 bits per heavy atom. The number of hydrogen-bond acceptors (Lipinski definition) is 7. The lowest BCUT2D eigenvalue weighted by Crippen LogP contribution is -2.47. The molecule has 4 heterocycles. The van der Waals surface area contributed by atoms with Crippen LogP contribution in [0.25, 0.3) is 10.9 Å². The summed E-state index contributed by atoms with van der Waals surface area (Å²) in [6, 6.07) is 10.6. The van der Waals surface area contributed by atoms with Crippen LogP contribution >= 0.6 is 15.9 Å². The Morgan fingerprint density at radius 3 is 2.63 bits per heavy atom. The summed E-state index contributed by atoms with van der Waals surface area (Å²) in [6.45, 7) is 7.34. The van der Waals surface area contributed by atoms with Crippen molar-refractivity contribution < 1.29 is 14.4 Å². The summed E-state index contributed by atoms with van der Waals surface area (Å²) in [5, 5.41) is 11.4. The molecule has 0 spiro atoms. The third-order valence-electron chi connectivity index (χ3n) is 8.06. The average Bonchev–Trinajstić information content (AvgIpc) is 3.28. The maximum Gasteiger partial charge on any atom is 0.248 e. The minimum absolute atomic E-state index is 0.00448. The van der Waals surface area contributed by atoms with E-state index in [-0.39, 0.29) is 35.6 Å². The van der Waals surface area contributed by atoms with Crippen LogP contribution in [0, 0.1) is 19.3 Å². The quantitative estimate of drug-likeness (QED) is 0.217. The van der Waals surface area contributed by atoms with E-state index in [4.69, 9.17) is 0 Å². The zero-order chi connectivity index (χ0) is 29.1. The molecule has 1 saturated carbocycles. The first-order valence-corrected chi connectivity index (χ1v) is 14.3. The number of nitrogens with zero attached hydrogens (tertiary/aromatic N) is 5. The second-order valence-corrected chi connectivity index (χ2v) is 12.2. The molecular formula is C30H30BrN7O3. The maximum absolute atomic E-state index is 13.8. The van der Waals surface area contributed by atoms with E-state index < -0.39 is 6.04 Å². The highest BCUT2D eigenvalue weighted by Gasteiger charge is 2.64. The van der Waals surface area contributed by atoms with Gasteiger partial charge in [0.05, 0.1) is 17.4 Å². The standard InChI is InChI=1S/C30H30BrN7O3/c1-16-9-20(14-32-13-16)33-19-6-7-22-21(10-19)27(18(3)39)36-37(22)15-26(40)38-23(11-30(4)12-24(30)38)29(41)35-28-17(2)5-8-25(31)34-28/h5-10,13-14,23-24,33H,11-12,15H2,1-4H3,(H,34,35,41)/t23-,24+,30-/m0/s1. The molecule has 6 rings (SSSR count). The van der Waals surface area contributed by atoms with E-state index in [9.17, 15) is 14.4 Å². The molecular weight excluding hydrogens is 586 g/mol. The average molecular weight is 617 g/mol. The van der Waals surface area contributed by atoms with Crippen LogP contribution < -0.4 is 10.6 Å². The number of ketones is 1. The number of carbonyl (C=O) groups is 3.